The molecule has 3 heterocycles. The van der Waals surface area contributed by atoms with Gasteiger partial charge in [-0.3, -0.25) is 9.78 Å². The average molecular weight is 320 g/mol. The molecule has 6 heteroatoms. The monoisotopic (exact) mass is 320 g/mol. The lowest BCUT2D eigenvalue weighted by atomic mass is 9.99. The van der Waals surface area contributed by atoms with Gasteiger partial charge in [-0.1, -0.05) is 0 Å². The van der Waals surface area contributed by atoms with Gasteiger partial charge in [0.25, 0.3) is 0 Å². The second-order valence-electron chi connectivity index (χ2n) is 6.12. The third-order valence-electron chi connectivity index (χ3n) is 4.55. The van der Waals surface area contributed by atoms with Crippen LogP contribution in [0.2, 0.25) is 0 Å². The van der Waals surface area contributed by atoms with E-state index in [4.69, 9.17) is 14.2 Å². The number of carbonyl (C=O) groups is 1. The third kappa shape index (κ3) is 4.07. The molecule has 0 N–H and O–H groups in total. The number of likely N-dealkylation sites (tertiary alicyclic amines) is 1. The fourth-order valence-electron chi connectivity index (χ4n) is 3.42. The highest BCUT2D eigenvalue weighted by molar-refractivity contribution is 5.78. The first-order valence-electron chi connectivity index (χ1n) is 8.18. The second-order valence-corrected chi connectivity index (χ2v) is 6.12. The number of fused-ring (bicyclic) bond motifs is 1. The van der Waals surface area contributed by atoms with Gasteiger partial charge in [0.05, 0.1) is 31.5 Å². The molecule has 0 bridgehead atoms. The predicted molar refractivity (Wildman–Crippen MR) is 83.8 cm³/mol. The molecule has 0 spiro atoms. The minimum absolute atomic E-state index is 0.0657. The Morgan fingerprint density at radius 3 is 2.96 bits per heavy atom. The van der Waals surface area contributed by atoms with Crippen LogP contribution in [0.4, 0.5) is 0 Å². The zero-order valence-corrected chi connectivity index (χ0v) is 13.5. The molecule has 0 aromatic carbocycles. The van der Waals surface area contributed by atoms with Crippen molar-refractivity contribution in [2.24, 2.45) is 0 Å². The molecule has 1 aromatic rings. The largest absolute Gasteiger partial charge is 0.375 e. The maximum atomic E-state index is 12.0. The number of rotatable bonds is 6. The van der Waals surface area contributed by atoms with Crippen LogP contribution >= 0.6 is 0 Å². The summed E-state index contributed by atoms with van der Waals surface area (Å²) >= 11 is 0. The zero-order chi connectivity index (χ0) is 16.1. The van der Waals surface area contributed by atoms with E-state index in [2.05, 4.69) is 4.98 Å². The molecular weight excluding hydrogens is 296 g/mol. The van der Waals surface area contributed by atoms with Gasteiger partial charge in [0, 0.05) is 26.0 Å². The number of hydrogen-bond donors (Lipinski definition) is 0. The summed E-state index contributed by atoms with van der Waals surface area (Å²) in [6, 6.07) is 4.11. The third-order valence-corrected chi connectivity index (χ3v) is 4.55. The van der Waals surface area contributed by atoms with E-state index in [-0.39, 0.29) is 30.8 Å². The lowest BCUT2D eigenvalue weighted by Crippen LogP contribution is -2.46. The SMILES string of the molecule is COCC(=O)N1CCC2O[C@@H](COCc3ccncc3)CCC21. The van der Waals surface area contributed by atoms with E-state index in [1.807, 2.05) is 17.0 Å². The number of ether oxygens (including phenoxy) is 3. The molecule has 0 aliphatic carbocycles. The van der Waals surface area contributed by atoms with E-state index in [0.29, 0.717) is 13.2 Å². The summed E-state index contributed by atoms with van der Waals surface area (Å²) in [4.78, 5) is 17.9. The lowest BCUT2D eigenvalue weighted by Gasteiger charge is -2.35. The minimum Gasteiger partial charge on any atom is -0.375 e. The van der Waals surface area contributed by atoms with Gasteiger partial charge in [-0.15, -0.1) is 0 Å². The maximum absolute atomic E-state index is 12.0. The van der Waals surface area contributed by atoms with Gasteiger partial charge in [-0.05, 0) is 37.0 Å². The van der Waals surface area contributed by atoms with Gasteiger partial charge < -0.3 is 19.1 Å². The van der Waals surface area contributed by atoms with Crippen LogP contribution in [0.25, 0.3) is 0 Å². The molecule has 2 fully saturated rings. The van der Waals surface area contributed by atoms with Crippen LogP contribution in [0.15, 0.2) is 24.5 Å². The first kappa shape index (κ1) is 16.4. The second kappa shape index (κ2) is 7.86. The van der Waals surface area contributed by atoms with Crippen LogP contribution in [0, 0.1) is 0 Å². The summed E-state index contributed by atoms with van der Waals surface area (Å²) in [6.07, 6.45) is 6.60. The topological polar surface area (TPSA) is 60.9 Å². The Balaban J connectivity index is 1.43. The van der Waals surface area contributed by atoms with Gasteiger partial charge >= 0.3 is 0 Å². The molecular formula is C17H24N2O4. The van der Waals surface area contributed by atoms with Crippen molar-refractivity contribution in [3.8, 4) is 0 Å². The van der Waals surface area contributed by atoms with E-state index in [1.165, 1.54) is 0 Å². The van der Waals surface area contributed by atoms with Crippen molar-refractivity contribution < 1.29 is 19.0 Å². The number of aromatic nitrogens is 1. The normalized spacial score (nSPS) is 27.0. The Labute approximate surface area is 136 Å². The fourth-order valence-corrected chi connectivity index (χ4v) is 3.42. The Morgan fingerprint density at radius 1 is 1.35 bits per heavy atom. The molecule has 1 amide bonds. The van der Waals surface area contributed by atoms with Gasteiger partial charge in [-0.2, -0.15) is 0 Å². The maximum Gasteiger partial charge on any atom is 0.248 e. The number of amides is 1. The van der Waals surface area contributed by atoms with Crippen molar-refractivity contribution >= 4 is 5.91 Å². The molecule has 0 radical (unpaired) electrons. The first-order chi connectivity index (χ1) is 11.3. The highest BCUT2D eigenvalue weighted by Crippen LogP contribution is 2.31. The number of carbonyl (C=O) groups excluding carboxylic acids is 1. The van der Waals surface area contributed by atoms with Gasteiger partial charge in [0.15, 0.2) is 0 Å². The zero-order valence-electron chi connectivity index (χ0n) is 13.5. The van der Waals surface area contributed by atoms with Crippen LogP contribution < -0.4 is 0 Å². The fraction of sp³-hybridized carbons (Fsp3) is 0.647. The molecule has 2 unspecified atom stereocenters. The van der Waals surface area contributed by atoms with Crippen molar-refractivity contribution in [2.45, 2.75) is 44.1 Å². The van der Waals surface area contributed by atoms with Crippen molar-refractivity contribution in [2.75, 3.05) is 26.9 Å². The lowest BCUT2D eigenvalue weighted by molar-refractivity contribution is -0.142. The Morgan fingerprint density at radius 2 is 2.17 bits per heavy atom. The van der Waals surface area contributed by atoms with E-state index in [0.717, 1.165) is 31.4 Å². The van der Waals surface area contributed by atoms with E-state index in [1.54, 1.807) is 19.5 Å². The first-order valence-corrected chi connectivity index (χ1v) is 8.18. The smallest absolute Gasteiger partial charge is 0.248 e. The van der Waals surface area contributed by atoms with Gasteiger partial charge in [0.2, 0.25) is 5.91 Å². The summed E-state index contributed by atoms with van der Waals surface area (Å²) in [5, 5.41) is 0. The molecule has 2 saturated heterocycles. The standard InChI is InChI=1S/C17H24N2O4/c1-21-12-17(20)19-9-6-16-15(19)3-2-14(23-16)11-22-10-13-4-7-18-8-5-13/h4-5,7-8,14-16H,2-3,6,9-12H2,1H3/t14-,15?,16?/m1/s1. The molecule has 1 aromatic heterocycles. The highest BCUT2D eigenvalue weighted by atomic mass is 16.5. The summed E-state index contributed by atoms with van der Waals surface area (Å²) < 4.78 is 16.9. The van der Waals surface area contributed by atoms with Crippen molar-refractivity contribution in [3.63, 3.8) is 0 Å². The summed E-state index contributed by atoms with van der Waals surface area (Å²) in [7, 11) is 1.55. The number of nitrogens with zero attached hydrogens (tertiary/aromatic N) is 2. The summed E-state index contributed by atoms with van der Waals surface area (Å²) in [5.41, 5.74) is 1.12. The Bertz CT molecular complexity index is 511. The summed E-state index contributed by atoms with van der Waals surface area (Å²) in [6.45, 7) is 2.09. The van der Waals surface area contributed by atoms with Crippen LogP contribution in [0.3, 0.4) is 0 Å². The quantitative estimate of drug-likeness (QED) is 0.793. The number of hydrogen-bond acceptors (Lipinski definition) is 5. The molecule has 2 aliphatic heterocycles. The molecule has 3 atom stereocenters. The van der Waals surface area contributed by atoms with Crippen LogP contribution in [-0.4, -0.2) is 60.9 Å². The Hall–Kier alpha value is -1.50. The van der Waals surface area contributed by atoms with Crippen molar-refractivity contribution in [1.82, 2.24) is 9.88 Å². The highest BCUT2D eigenvalue weighted by Gasteiger charge is 2.41. The molecule has 23 heavy (non-hydrogen) atoms. The molecule has 6 nitrogen and oxygen atoms in total. The van der Waals surface area contributed by atoms with E-state index < -0.39 is 0 Å². The van der Waals surface area contributed by atoms with Crippen molar-refractivity contribution in [1.29, 1.82) is 0 Å². The van der Waals surface area contributed by atoms with Crippen LogP contribution in [-0.2, 0) is 25.6 Å². The summed E-state index contributed by atoms with van der Waals surface area (Å²) in [5.74, 6) is 0.0657. The molecule has 2 aliphatic rings. The number of pyridine rings is 1. The molecule has 0 saturated carbocycles. The van der Waals surface area contributed by atoms with E-state index in [9.17, 15) is 4.79 Å². The van der Waals surface area contributed by atoms with Crippen LogP contribution in [0.5, 0.6) is 0 Å². The Kier molecular flexibility index (Phi) is 5.59. The molecule has 126 valence electrons. The van der Waals surface area contributed by atoms with Gasteiger partial charge in [-0.25, -0.2) is 0 Å². The van der Waals surface area contributed by atoms with Gasteiger partial charge in [0.1, 0.15) is 6.61 Å². The molecule has 3 rings (SSSR count). The van der Waals surface area contributed by atoms with Crippen LogP contribution in [0.1, 0.15) is 24.8 Å². The minimum atomic E-state index is 0.0657. The van der Waals surface area contributed by atoms with Crippen molar-refractivity contribution in [3.05, 3.63) is 30.1 Å². The predicted octanol–water partition coefficient (Wildman–Crippen LogP) is 1.39. The van der Waals surface area contributed by atoms with E-state index >= 15 is 0 Å². The average Bonchev–Trinajstić information content (AvgIpc) is 2.99. The number of methoxy groups -OCH3 is 1.